The number of aliphatic hydroxyl groups is 1. The van der Waals surface area contributed by atoms with E-state index >= 15 is 0 Å². The molecule has 1 rings (SSSR count). The van der Waals surface area contributed by atoms with Crippen molar-refractivity contribution in [2.24, 2.45) is 0 Å². The van der Waals surface area contributed by atoms with Gasteiger partial charge in [0.15, 0.2) is 0 Å². The molecule has 3 N–H and O–H groups in total. The summed E-state index contributed by atoms with van der Waals surface area (Å²) in [5, 5.41) is 15.1. The number of carbonyl (C=O) groups is 1. The maximum atomic E-state index is 11.3. The molecule has 1 aliphatic rings. The first-order valence-electron chi connectivity index (χ1n) is 6.25. The summed E-state index contributed by atoms with van der Waals surface area (Å²) in [5.41, 5.74) is -0.440. The lowest BCUT2D eigenvalue weighted by atomic mass is 9.89. The van der Waals surface area contributed by atoms with Crippen molar-refractivity contribution in [3.8, 4) is 0 Å². The molecule has 0 aromatic heterocycles. The molecule has 0 spiro atoms. The quantitative estimate of drug-likeness (QED) is 0.631. The second-order valence-electron chi connectivity index (χ2n) is 5.56. The first-order chi connectivity index (χ1) is 7.87. The molecule has 0 aliphatic heterocycles. The average Bonchev–Trinajstić information content (AvgIpc) is 2.11. The van der Waals surface area contributed by atoms with E-state index in [-0.39, 0.29) is 12.2 Å². The van der Waals surface area contributed by atoms with Gasteiger partial charge in [-0.1, -0.05) is 0 Å². The normalized spacial score (nSPS) is 24.0. The van der Waals surface area contributed by atoms with E-state index in [0.717, 1.165) is 25.8 Å². The van der Waals surface area contributed by atoms with E-state index in [1.165, 1.54) is 0 Å². The summed E-state index contributed by atoms with van der Waals surface area (Å²) in [4.78, 5) is 11.3. The van der Waals surface area contributed by atoms with Crippen molar-refractivity contribution in [2.75, 3.05) is 13.1 Å². The fourth-order valence-corrected chi connectivity index (χ4v) is 1.65. The predicted octanol–water partition coefficient (Wildman–Crippen LogP) is 1.01. The van der Waals surface area contributed by atoms with E-state index in [0.29, 0.717) is 12.6 Å². The molecule has 0 aromatic carbocycles. The smallest absolute Gasteiger partial charge is 0.407 e. The highest BCUT2D eigenvalue weighted by molar-refractivity contribution is 5.67. The third kappa shape index (κ3) is 6.48. The second-order valence-corrected chi connectivity index (χ2v) is 5.56. The predicted molar refractivity (Wildman–Crippen MR) is 65.9 cm³/mol. The van der Waals surface area contributed by atoms with Crippen LogP contribution in [0.3, 0.4) is 0 Å². The SMILES string of the molecule is CC(C)(C)OC(=O)NCCCNC1CC(O)C1. The van der Waals surface area contributed by atoms with Crippen molar-refractivity contribution >= 4 is 6.09 Å². The van der Waals surface area contributed by atoms with Crippen LogP contribution in [0.1, 0.15) is 40.0 Å². The Bertz CT molecular complexity index is 245. The van der Waals surface area contributed by atoms with Crippen LogP contribution in [0.25, 0.3) is 0 Å². The van der Waals surface area contributed by atoms with Gasteiger partial charge in [-0.15, -0.1) is 0 Å². The Labute approximate surface area is 103 Å². The molecule has 5 nitrogen and oxygen atoms in total. The van der Waals surface area contributed by atoms with E-state index < -0.39 is 5.60 Å². The minimum absolute atomic E-state index is 0.118. The number of hydrogen-bond donors (Lipinski definition) is 3. The molecular weight excluding hydrogens is 220 g/mol. The number of rotatable bonds is 5. The van der Waals surface area contributed by atoms with Gasteiger partial charge in [0.05, 0.1) is 6.10 Å². The molecule has 0 bridgehead atoms. The van der Waals surface area contributed by atoms with Gasteiger partial charge in [0.25, 0.3) is 0 Å². The first-order valence-corrected chi connectivity index (χ1v) is 6.25. The van der Waals surface area contributed by atoms with Gasteiger partial charge in [0.1, 0.15) is 5.60 Å². The number of ether oxygens (including phenoxy) is 1. The van der Waals surface area contributed by atoms with Gasteiger partial charge in [-0.3, -0.25) is 0 Å². The fourth-order valence-electron chi connectivity index (χ4n) is 1.65. The summed E-state index contributed by atoms with van der Waals surface area (Å²) in [7, 11) is 0. The van der Waals surface area contributed by atoms with Crippen LogP contribution < -0.4 is 10.6 Å². The van der Waals surface area contributed by atoms with Gasteiger partial charge in [-0.05, 0) is 46.6 Å². The maximum Gasteiger partial charge on any atom is 0.407 e. The van der Waals surface area contributed by atoms with Crippen molar-refractivity contribution in [3.05, 3.63) is 0 Å². The number of hydrogen-bond acceptors (Lipinski definition) is 4. The minimum atomic E-state index is -0.440. The maximum absolute atomic E-state index is 11.3. The van der Waals surface area contributed by atoms with E-state index in [4.69, 9.17) is 9.84 Å². The van der Waals surface area contributed by atoms with E-state index in [1.54, 1.807) is 0 Å². The fraction of sp³-hybridized carbons (Fsp3) is 0.917. The van der Waals surface area contributed by atoms with Gasteiger partial charge in [0.2, 0.25) is 0 Å². The Kier molecular flexibility index (Phi) is 5.21. The molecule has 1 amide bonds. The topological polar surface area (TPSA) is 70.6 Å². The summed E-state index contributed by atoms with van der Waals surface area (Å²) in [5.74, 6) is 0. The summed E-state index contributed by atoms with van der Waals surface area (Å²) < 4.78 is 5.11. The first kappa shape index (κ1) is 14.3. The summed E-state index contributed by atoms with van der Waals surface area (Å²) in [6.07, 6.45) is 2.08. The Balaban J connectivity index is 1.92. The molecule has 0 heterocycles. The lowest BCUT2D eigenvalue weighted by Crippen LogP contribution is -2.45. The van der Waals surface area contributed by atoms with Crippen LogP contribution in [0.4, 0.5) is 4.79 Å². The zero-order chi connectivity index (χ0) is 12.9. The number of alkyl carbamates (subject to hydrolysis) is 1. The Morgan fingerprint density at radius 1 is 1.35 bits per heavy atom. The molecule has 0 saturated heterocycles. The van der Waals surface area contributed by atoms with Crippen molar-refractivity contribution < 1.29 is 14.6 Å². The van der Waals surface area contributed by atoms with Gasteiger partial charge < -0.3 is 20.5 Å². The van der Waals surface area contributed by atoms with Crippen LogP contribution >= 0.6 is 0 Å². The lowest BCUT2D eigenvalue weighted by Gasteiger charge is -2.32. The molecule has 5 heteroatoms. The Morgan fingerprint density at radius 3 is 2.53 bits per heavy atom. The van der Waals surface area contributed by atoms with Crippen LogP contribution in [0.15, 0.2) is 0 Å². The third-order valence-corrected chi connectivity index (χ3v) is 2.57. The molecule has 1 saturated carbocycles. The van der Waals surface area contributed by atoms with Gasteiger partial charge >= 0.3 is 6.09 Å². The van der Waals surface area contributed by atoms with Crippen molar-refractivity contribution in [1.82, 2.24) is 10.6 Å². The van der Waals surface area contributed by atoms with Crippen molar-refractivity contribution in [1.29, 1.82) is 0 Å². The molecule has 0 aromatic rings. The Morgan fingerprint density at radius 2 is 2.00 bits per heavy atom. The minimum Gasteiger partial charge on any atom is -0.444 e. The zero-order valence-corrected chi connectivity index (χ0v) is 11.0. The molecular formula is C12H24N2O3. The largest absolute Gasteiger partial charge is 0.444 e. The molecule has 1 fully saturated rings. The van der Waals surface area contributed by atoms with Crippen LogP contribution in [0.5, 0.6) is 0 Å². The molecule has 0 unspecified atom stereocenters. The highest BCUT2D eigenvalue weighted by Gasteiger charge is 2.25. The van der Waals surface area contributed by atoms with Crippen LogP contribution in [-0.2, 0) is 4.74 Å². The lowest BCUT2D eigenvalue weighted by molar-refractivity contribution is 0.0525. The standard InChI is InChI=1S/C12H24N2O3/c1-12(2,3)17-11(16)14-6-4-5-13-9-7-10(15)8-9/h9-10,13,15H,4-8H2,1-3H3,(H,14,16). The van der Waals surface area contributed by atoms with Crippen molar-refractivity contribution in [3.63, 3.8) is 0 Å². The van der Waals surface area contributed by atoms with Crippen LogP contribution in [-0.4, -0.2) is 42.0 Å². The average molecular weight is 244 g/mol. The summed E-state index contributed by atoms with van der Waals surface area (Å²) in [6.45, 7) is 6.99. The van der Waals surface area contributed by atoms with E-state index in [1.807, 2.05) is 20.8 Å². The third-order valence-electron chi connectivity index (χ3n) is 2.57. The second kappa shape index (κ2) is 6.21. The molecule has 100 valence electrons. The highest BCUT2D eigenvalue weighted by atomic mass is 16.6. The molecule has 0 atom stereocenters. The Hall–Kier alpha value is -0.810. The molecule has 1 aliphatic carbocycles. The van der Waals surface area contributed by atoms with Crippen molar-refractivity contribution in [2.45, 2.75) is 57.8 Å². The molecule has 0 radical (unpaired) electrons. The highest BCUT2D eigenvalue weighted by Crippen LogP contribution is 2.18. The number of aliphatic hydroxyl groups excluding tert-OH is 1. The number of carbonyl (C=O) groups excluding carboxylic acids is 1. The molecule has 17 heavy (non-hydrogen) atoms. The van der Waals surface area contributed by atoms with Crippen LogP contribution in [0.2, 0.25) is 0 Å². The zero-order valence-electron chi connectivity index (χ0n) is 11.0. The number of nitrogens with one attached hydrogen (secondary N) is 2. The monoisotopic (exact) mass is 244 g/mol. The van der Waals surface area contributed by atoms with Gasteiger partial charge in [0, 0.05) is 12.6 Å². The van der Waals surface area contributed by atoms with Crippen LogP contribution in [0, 0.1) is 0 Å². The summed E-state index contributed by atoms with van der Waals surface area (Å²) in [6, 6.07) is 0.450. The van der Waals surface area contributed by atoms with Gasteiger partial charge in [-0.2, -0.15) is 0 Å². The summed E-state index contributed by atoms with van der Waals surface area (Å²) >= 11 is 0. The van der Waals surface area contributed by atoms with Gasteiger partial charge in [-0.25, -0.2) is 4.79 Å². The van der Waals surface area contributed by atoms with E-state index in [9.17, 15) is 4.79 Å². The number of amides is 1. The van der Waals surface area contributed by atoms with E-state index in [2.05, 4.69) is 10.6 Å².